The number of pyridine rings is 1. The van der Waals surface area contributed by atoms with Gasteiger partial charge in [0.2, 0.25) is 5.91 Å². The van der Waals surface area contributed by atoms with Crippen molar-refractivity contribution in [1.82, 2.24) is 9.97 Å². The Kier molecular flexibility index (Phi) is 6.27. The fourth-order valence-electron chi connectivity index (χ4n) is 2.49. The molecule has 2 heterocycles. The smallest absolute Gasteiger partial charge is 0.340 e. The summed E-state index contributed by atoms with van der Waals surface area (Å²) in [6, 6.07) is 10.6. The molecule has 0 bridgehead atoms. The number of benzene rings is 1. The Labute approximate surface area is 161 Å². The van der Waals surface area contributed by atoms with Crippen LogP contribution in [0.4, 0.5) is 5.69 Å². The molecule has 0 saturated carbocycles. The highest BCUT2D eigenvalue weighted by molar-refractivity contribution is 7.09. The average molecular weight is 381 g/mol. The summed E-state index contributed by atoms with van der Waals surface area (Å²) in [7, 11) is 0. The van der Waals surface area contributed by atoms with E-state index in [1.54, 1.807) is 43.6 Å². The van der Waals surface area contributed by atoms with Crippen LogP contribution in [-0.4, -0.2) is 28.5 Å². The number of rotatable bonds is 7. The third kappa shape index (κ3) is 4.98. The predicted octanol–water partition coefficient (Wildman–Crippen LogP) is 3.95. The summed E-state index contributed by atoms with van der Waals surface area (Å²) in [6.45, 7) is 2.03. The summed E-state index contributed by atoms with van der Waals surface area (Å²) >= 11 is 1.52. The third-order valence-electron chi connectivity index (χ3n) is 3.79. The van der Waals surface area contributed by atoms with Gasteiger partial charge in [0.1, 0.15) is 0 Å². The molecule has 0 aliphatic heterocycles. The minimum atomic E-state index is -0.449. The van der Waals surface area contributed by atoms with Crippen LogP contribution in [0.15, 0.2) is 54.2 Å². The number of ether oxygens (including phenoxy) is 1. The molecule has 1 amide bonds. The topological polar surface area (TPSA) is 81.2 Å². The molecule has 0 spiro atoms. The van der Waals surface area contributed by atoms with E-state index in [9.17, 15) is 9.59 Å². The molecule has 0 aliphatic carbocycles. The van der Waals surface area contributed by atoms with Crippen LogP contribution in [0.5, 0.6) is 0 Å². The maximum atomic E-state index is 12.3. The Balaban J connectivity index is 1.60. The van der Waals surface area contributed by atoms with E-state index >= 15 is 0 Å². The summed E-state index contributed by atoms with van der Waals surface area (Å²) in [6.07, 6.45) is 4.26. The van der Waals surface area contributed by atoms with Crippen molar-refractivity contribution in [3.8, 4) is 11.3 Å². The lowest BCUT2D eigenvalue weighted by atomic mass is 10.1. The molecule has 6 nitrogen and oxygen atoms in total. The Morgan fingerprint density at radius 3 is 2.70 bits per heavy atom. The molecule has 0 saturated heterocycles. The molecular weight excluding hydrogens is 362 g/mol. The van der Waals surface area contributed by atoms with Crippen molar-refractivity contribution in [2.24, 2.45) is 0 Å². The highest BCUT2D eigenvalue weighted by Gasteiger charge is 2.14. The van der Waals surface area contributed by atoms with E-state index in [2.05, 4.69) is 15.3 Å². The fourth-order valence-corrected chi connectivity index (χ4v) is 3.30. The molecule has 138 valence electrons. The first-order valence-corrected chi connectivity index (χ1v) is 9.46. The van der Waals surface area contributed by atoms with Crippen LogP contribution < -0.4 is 5.32 Å². The molecule has 7 heteroatoms. The Morgan fingerprint density at radius 1 is 1.15 bits per heavy atom. The van der Waals surface area contributed by atoms with Gasteiger partial charge in [-0.1, -0.05) is 12.1 Å². The lowest BCUT2D eigenvalue weighted by Crippen LogP contribution is -2.16. The fraction of sp³-hybridized carbons (Fsp3) is 0.200. The van der Waals surface area contributed by atoms with Crippen molar-refractivity contribution >= 4 is 28.9 Å². The van der Waals surface area contributed by atoms with Crippen LogP contribution in [0.25, 0.3) is 11.3 Å². The number of carbonyl (C=O) groups is 2. The van der Waals surface area contributed by atoms with Crippen LogP contribution in [0.2, 0.25) is 0 Å². The maximum Gasteiger partial charge on any atom is 0.340 e. The van der Waals surface area contributed by atoms with Gasteiger partial charge in [-0.25, -0.2) is 9.78 Å². The standard InChI is InChI=1S/C20H19N3O3S/c1-2-26-20(25)15-5-3-4-6-16(15)22-18(24)7-8-19-23-17(13-27-19)14-9-11-21-12-10-14/h3-6,9-13H,2,7-8H2,1H3,(H,22,24). The van der Waals surface area contributed by atoms with Gasteiger partial charge in [0, 0.05) is 36.2 Å². The highest BCUT2D eigenvalue weighted by Crippen LogP contribution is 2.22. The Hall–Kier alpha value is -3.06. The van der Waals surface area contributed by atoms with Crippen LogP contribution in [0.3, 0.4) is 0 Å². The number of amides is 1. The largest absolute Gasteiger partial charge is 0.462 e. The number of nitrogens with zero attached hydrogens (tertiary/aromatic N) is 2. The normalized spacial score (nSPS) is 10.4. The van der Waals surface area contributed by atoms with Crippen molar-refractivity contribution in [3.05, 3.63) is 64.7 Å². The average Bonchev–Trinajstić information content (AvgIpc) is 3.17. The van der Waals surface area contributed by atoms with Gasteiger partial charge in [-0.15, -0.1) is 11.3 Å². The molecule has 27 heavy (non-hydrogen) atoms. The summed E-state index contributed by atoms with van der Waals surface area (Å²) in [5, 5.41) is 5.64. The zero-order valence-corrected chi connectivity index (χ0v) is 15.7. The van der Waals surface area contributed by atoms with Crippen LogP contribution in [0, 0.1) is 0 Å². The first-order chi connectivity index (χ1) is 13.2. The van der Waals surface area contributed by atoms with Gasteiger partial charge < -0.3 is 10.1 Å². The summed E-state index contributed by atoms with van der Waals surface area (Å²) in [5.74, 6) is -0.622. The quantitative estimate of drug-likeness (QED) is 0.627. The van der Waals surface area contributed by atoms with E-state index in [-0.39, 0.29) is 18.9 Å². The molecule has 0 atom stereocenters. The number of thiazole rings is 1. The number of aryl methyl sites for hydroxylation is 1. The van der Waals surface area contributed by atoms with Gasteiger partial charge in [-0.2, -0.15) is 0 Å². The number of para-hydroxylation sites is 1. The van der Waals surface area contributed by atoms with Gasteiger partial charge in [0.15, 0.2) is 0 Å². The molecule has 1 N–H and O–H groups in total. The molecule has 0 fully saturated rings. The summed E-state index contributed by atoms with van der Waals surface area (Å²) in [5.41, 5.74) is 2.69. The molecule has 1 aromatic carbocycles. The molecule has 0 radical (unpaired) electrons. The second kappa shape index (κ2) is 9.05. The first-order valence-electron chi connectivity index (χ1n) is 8.58. The highest BCUT2D eigenvalue weighted by atomic mass is 32.1. The molecule has 2 aromatic heterocycles. The number of carbonyl (C=O) groups excluding carboxylic acids is 2. The molecule has 3 rings (SSSR count). The second-order valence-corrected chi connectivity index (χ2v) is 6.62. The van der Waals surface area contributed by atoms with Crippen molar-refractivity contribution < 1.29 is 14.3 Å². The van der Waals surface area contributed by atoms with E-state index in [0.29, 0.717) is 17.7 Å². The number of hydrogen-bond acceptors (Lipinski definition) is 6. The zero-order valence-electron chi connectivity index (χ0n) is 14.8. The predicted molar refractivity (Wildman–Crippen MR) is 105 cm³/mol. The molecule has 0 aliphatic rings. The first kappa shape index (κ1) is 18.7. The lowest BCUT2D eigenvalue weighted by Gasteiger charge is -2.10. The Bertz CT molecular complexity index is 925. The summed E-state index contributed by atoms with van der Waals surface area (Å²) < 4.78 is 5.02. The van der Waals surface area contributed by atoms with Gasteiger partial charge in [-0.3, -0.25) is 9.78 Å². The monoisotopic (exact) mass is 381 g/mol. The van der Waals surface area contributed by atoms with Crippen molar-refractivity contribution in [2.75, 3.05) is 11.9 Å². The minimum Gasteiger partial charge on any atom is -0.462 e. The Morgan fingerprint density at radius 2 is 1.93 bits per heavy atom. The van der Waals surface area contributed by atoms with Gasteiger partial charge in [-0.05, 0) is 31.2 Å². The van der Waals surface area contributed by atoms with Gasteiger partial charge >= 0.3 is 5.97 Å². The van der Waals surface area contributed by atoms with Crippen molar-refractivity contribution in [3.63, 3.8) is 0 Å². The number of nitrogens with one attached hydrogen (secondary N) is 1. The number of esters is 1. The summed E-state index contributed by atoms with van der Waals surface area (Å²) in [4.78, 5) is 32.8. The number of anilines is 1. The van der Waals surface area contributed by atoms with Gasteiger partial charge in [0.25, 0.3) is 0 Å². The number of aromatic nitrogens is 2. The van der Waals surface area contributed by atoms with Crippen LogP contribution in [-0.2, 0) is 16.0 Å². The van der Waals surface area contributed by atoms with E-state index in [4.69, 9.17) is 4.74 Å². The minimum absolute atomic E-state index is 0.174. The zero-order chi connectivity index (χ0) is 19.1. The van der Waals surface area contributed by atoms with Crippen LogP contribution in [0.1, 0.15) is 28.7 Å². The third-order valence-corrected chi connectivity index (χ3v) is 4.70. The van der Waals surface area contributed by atoms with Crippen molar-refractivity contribution in [1.29, 1.82) is 0 Å². The van der Waals surface area contributed by atoms with Crippen LogP contribution >= 0.6 is 11.3 Å². The van der Waals surface area contributed by atoms with E-state index in [0.717, 1.165) is 16.3 Å². The van der Waals surface area contributed by atoms with E-state index in [1.165, 1.54) is 11.3 Å². The van der Waals surface area contributed by atoms with E-state index in [1.807, 2.05) is 17.5 Å². The molecule has 0 unspecified atom stereocenters. The number of hydrogen-bond donors (Lipinski definition) is 1. The maximum absolute atomic E-state index is 12.3. The lowest BCUT2D eigenvalue weighted by molar-refractivity contribution is -0.116. The molecular formula is C20H19N3O3S. The molecule has 3 aromatic rings. The van der Waals surface area contributed by atoms with Crippen molar-refractivity contribution in [2.45, 2.75) is 19.8 Å². The SMILES string of the molecule is CCOC(=O)c1ccccc1NC(=O)CCc1nc(-c2ccncc2)cs1. The second-order valence-electron chi connectivity index (χ2n) is 5.68. The van der Waals surface area contributed by atoms with Gasteiger partial charge in [0.05, 0.1) is 28.6 Å². The van der Waals surface area contributed by atoms with E-state index < -0.39 is 5.97 Å².